The highest BCUT2D eigenvalue weighted by Crippen LogP contribution is 2.30. The summed E-state index contributed by atoms with van der Waals surface area (Å²) in [5.41, 5.74) is 3.58. The quantitative estimate of drug-likeness (QED) is 0.268. The minimum atomic E-state index is -1.14. The van der Waals surface area contributed by atoms with Gasteiger partial charge >= 0.3 is 0 Å². The number of carbonyl (C=O) groups is 1. The zero-order valence-electron chi connectivity index (χ0n) is 24.4. The molecule has 1 atom stereocenters. The number of aromatic nitrogens is 2. The van der Waals surface area contributed by atoms with E-state index < -0.39 is 11.8 Å². The van der Waals surface area contributed by atoms with Crippen LogP contribution in [0.3, 0.4) is 0 Å². The second kappa shape index (κ2) is 13.8. The molecule has 1 N–H and O–H groups in total. The Morgan fingerprint density at radius 2 is 1.58 bits per heavy atom. The van der Waals surface area contributed by atoms with Gasteiger partial charge in [0.25, 0.3) is 0 Å². The largest absolute Gasteiger partial charge is 0.490 e. The molecule has 0 spiro atoms. The lowest BCUT2D eigenvalue weighted by Gasteiger charge is -2.37. The first-order valence-electron chi connectivity index (χ1n) is 14.6. The van der Waals surface area contributed by atoms with Crippen molar-refractivity contribution in [2.45, 2.75) is 26.2 Å². The highest BCUT2D eigenvalue weighted by Gasteiger charge is 2.30. The lowest BCUT2D eigenvalue weighted by atomic mass is 10.0. The third kappa shape index (κ3) is 6.95. The van der Waals surface area contributed by atoms with Gasteiger partial charge in [0.1, 0.15) is 11.5 Å². The summed E-state index contributed by atoms with van der Waals surface area (Å²) in [6.07, 6.45) is 0.554. The fraction of sp³-hybridized carbons (Fsp3) is 0.333. The molecular formula is C33H35FN6O3. The highest BCUT2D eigenvalue weighted by atomic mass is 19.1. The minimum Gasteiger partial charge on any atom is -0.490 e. The number of rotatable bonds is 11. The molecule has 0 aliphatic carbocycles. The maximum atomic E-state index is 13.4. The molecule has 1 fully saturated rings. The van der Waals surface area contributed by atoms with E-state index in [1.807, 2.05) is 56.3 Å². The molecule has 0 unspecified atom stereocenters. The second-order valence-corrected chi connectivity index (χ2v) is 10.1. The number of hydrogen-bond acceptors (Lipinski definition) is 8. The molecule has 0 bridgehead atoms. The van der Waals surface area contributed by atoms with Gasteiger partial charge in [-0.25, -0.2) is 14.4 Å². The van der Waals surface area contributed by atoms with Crippen molar-refractivity contribution in [3.05, 3.63) is 83.8 Å². The van der Waals surface area contributed by atoms with Gasteiger partial charge < -0.3 is 24.6 Å². The number of fused-ring (bicyclic) bond motifs is 1. The van der Waals surface area contributed by atoms with E-state index >= 15 is 0 Å². The zero-order chi connectivity index (χ0) is 30.2. The molecule has 1 saturated heterocycles. The third-order valence-electron chi connectivity index (χ3n) is 7.33. The summed E-state index contributed by atoms with van der Waals surface area (Å²) < 4.78 is 24.8. The average Bonchev–Trinajstić information content (AvgIpc) is 3.03. The average molecular weight is 583 g/mol. The number of para-hydroxylation sites is 2. The van der Waals surface area contributed by atoms with E-state index in [2.05, 4.69) is 21.2 Å². The van der Waals surface area contributed by atoms with Crippen molar-refractivity contribution in [3.63, 3.8) is 0 Å². The molecule has 4 aromatic rings. The van der Waals surface area contributed by atoms with Crippen molar-refractivity contribution in [1.29, 1.82) is 5.26 Å². The van der Waals surface area contributed by atoms with Gasteiger partial charge in [0, 0.05) is 38.4 Å². The number of nitrogens with zero attached hydrogens (tertiary/aromatic N) is 5. The normalized spacial score (nSPS) is 13.8. The van der Waals surface area contributed by atoms with Crippen LogP contribution in [0.5, 0.6) is 11.5 Å². The number of benzene rings is 3. The summed E-state index contributed by atoms with van der Waals surface area (Å²) in [6.45, 7) is 7.79. The fourth-order valence-electron chi connectivity index (χ4n) is 5.19. The molecule has 5 rings (SSSR count). The van der Waals surface area contributed by atoms with Gasteiger partial charge in [0.15, 0.2) is 23.2 Å². The Morgan fingerprint density at radius 1 is 0.930 bits per heavy atom. The topological polar surface area (TPSA) is 104 Å². The first-order valence-corrected chi connectivity index (χ1v) is 14.6. The first-order chi connectivity index (χ1) is 21.0. The summed E-state index contributed by atoms with van der Waals surface area (Å²) in [5, 5.41) is 13.1. The van der Waals surface area contributed by atoms with Crippen molar-refractivity contribution >= 4 is 28.4 Å². The highest BCUT2D eigenvalue weighted by molar-refractivity contribution is 5.89. The first kappa shape index (κ1) is 29.6. The number of piperazine rings is 1. The van der Waals surface area contributed by atoms with Gasteiger partial charge in [-0.3, -0.25) is 4.79 Å². The van der Waals surface area contributed by atoms with Crippen molar-refractivity contribution in [2.75, 3.05) is 55.7 Å². The molecule has 1 aliphatic rings. The number of anilines is 2. The van der Waals surface area contributed by atoms with E-state index in [1.165, 1.54) is 12.1 Å². The SMILES string of the molecule is CCOc1ccc(CCNC(=O)[C@@H](C#N)c2nc3ccccc3nc2N2CCN(c3ccc(F)cc3)CC2)cc1OCC. The monoisotopic (exact) mass is 582 g/mol. The molecule has 3 aromatic carbocycles. The molecule has 1 amide bonds. The maximum Gasteiger partial charge on any atom is 0.243 e. The van der Waals surface area contributed by atoms with Crippen LogP contribution < -0.4 is 24.6 Å². The number of nitriles is 1. The van der Waals surface area contributed by atoms with Crippen LogP contribution in [0.2, 0.25) is 0 Å². The molecule has 222 valence electrons. The minimum absolute atomic E-state index is 0.269. The Morgan fingerprint density at radius 3 is 2.26 bits per heavy atom. The van der Waals surface area contributed by atoms with Crippen LogP contribution in [0.4, 0.5) is 15.9 Å². The lowest BCUT2D eigenvalue weighted by Crippen LogP contribution is -2.47. The third-order valence-corrected chi connectivity index (χ3v) is 7.33. The van der Waals surface area contributed by atoms with Crippen molar-refractivity contribution in [2.24, 2.45) is 0 Å². The van der Waals surface area contributed by atoms with Crippen LogP contribution in [0.25, 0.3) is 11.0 Å². The fourth-order valence-corrected chi connectivity index (χ4v) is 5.19. The molecular weight excluding hydrogens is 547 g/mol. The van der Waals surface area contributed by atoms with E-state index in [0.717, 1.165) is 11.3 Å². The van der Waals surface area contributed by atoms with Gasteiger partial charge in [-0.2, -0.15) is 5.26 Å². The van der Waals surface area contributed by atoms with Crippen molar-refractivity contribution in [3.8, 4) is 17.6 Å². The van der Waals surface area contributed by atoms with Gasteiger partial charge in [-0.15, -0.1) is 0 Å². The number of hydrogen-bond donors (Lipinski definition) is 1. The number of halogens is 1. The summed E-state index contributed by atoms with van der Waals surface area (Å²) in [7, 11) is 0. The predicted molar refractivity (Wildman–Crippen MR) is 164 cm³/mol. The standard InChI is InChI=1S/C33H35FN6O3/c1-3-42-29-14-9-23(21-30(29)43-4-2)15-16-36-33(41)26(22-35)31-32(38-28-8-6-5-7-27(28)37-31)40-19-17-39(18-20-40)25-12-10-24(34)11-13-25/h5-14,21,26H,3-4,15-20H2,1-2H3,(H,36,41)/t26-/m0/s1. The van der Waals surface area contributed by atoms with Crippen LogP contribution in [0.15, 0.2) is 66.7 Å². The Kier molecular flexibility index (Phi) is 9.52. The summed E-state index contributed by atoms with van der Waals surface area (Å²) in [6, 6.07) is 21.8. The van der Waals surface area contributed by atoms with Gasteiger partial charge in [-0.05, 0) is 74.4 Å². The molecule has 0 saturated carbocycles. The van der Waals surface area contributed by atoms with Crippen molar-refractivity contribution < 1.29 is 18.7 Å². The van der Waals surface area contributed by atoms with Crippen LogP contribution in [-0.2, 0) is 11.2 Å². The van der Waals surface area contributed by atoms with E-state index in [-0.39, 0.29) is 5.82 Å². The Hall–Kier alpha value is -4.91. The van der Waals surface area contributed by atoms with Crippen molar-refractivity contribution in [1.82, 2.24) is 15.3 Å². The molecule has 10 heteroatoms. The maximum absolute atomic E-state index is 13.4. The van der Waals surface area contributed by atoms with Crippen LogP contribution in [0, 0.1) is 17.1 Å². The molecule has 9 nitrogen and oxygen atoms in total. The van der Waals surface area contributed by atoms with Gasteiger partial charge in [0.2, 0.25) is 5.91 Å². The van der Waals surface area contributed by atoms with Gasteiger partial charge in [-0.1, -0.05) is 18.2 Å². The molecule has 0 radical (unpaired) electrons. The Labute approximate surface area is 250 Å². The molecule has 1 aliphatic heterocycles. The Balaban J connectivity index is 1.32. The number of amides is 1. The molecule has 43 heavy (non-hydrogen) atoms. The smallest absolute Gasteiger partial charge is 0.243 e. The Bertz CT molecular complexity index is 1600. The van der Waals surface area contributed by atoms with Crippen LogP contribution in [-0.4, -0.2) is 61.8 Å². The summed E-state index contributed by atoms with van der Waals surface area (Å²) >= 11 is 0. The number of ether oxygens (including phenoxy) is 2. The number of carbonyl (C=O) groups excluding carboxylic acids is 1. The molecule has 1 aromatic heterocycles. The van der Waals surface area contributed by atoms with E-state index in [1.54, 1.807) is 12.1 Å². The van der Waals surface area contributed by atoms with E-state index in [0.29, 0.717) is 86.4 Å². The summed E-state index contributed by atoms with van der Waals surface area (Å²) in [5.74, 6) is 0.0538. The molecule has 2 heterocycles. The van der Waals surface area contributed by atoms with E-state index in [4.69, 9.17) is 19.4 Å². The lowest BCUT2D eigenvalue weighted by molar-refractivity contribution is -0.121. The van der Waals surface area contributed by atoms with E-state index in [9.17, 15) is 14.4 Å². The second-order valence-electron chi connectivity index (χ2n) is 10.1. The van der Waals surface area contributed by atoms with Crippen LogP contribution >= 0.6 is 0 Å². The zero-order valence-corrected chi connectivity index (χ0v) is 24.4. The summed E-state index contributed by atoms with van der Waals surface area (Å²) in [4.78, 5) is 27.3. The van der Waals surface area contributed by atoms with Crippen LogP contribution in [0.1, 0.15) is 31.0 Å². The number of nitrogens with one attached hydrogen (secondary N) is 1. The van der Waals surface area contributed by atoms with Gasteiger partial charge in [0.05, 0.1) is 30.3 Å². The predicted octanol–water partition coefficient (Wildman–Crippen LogP) is 4.86.